The van der Waals surface area contributed by atoms with Crippen molar-refractivity contribution in [3.8, 4) is 6.07 Å². The molecule has 0 bridgehead atoms. The van der Waals surface area contributed by atoms with Crippen LogP contribution in [0.5, 0.6) is 0 Å². The molecule has 6 atom stereocenters. The standard InChI is InChI=1S/C25H47NO3Si2/c1-22(2,3)30(8,9)28-19-13-12-14-24(7)18(16-26)15-20(25(19,24)21-17-27-21)29-31(10,11)23(4,5)6/h18-21H,12-15,17H2,1-11H3/t18-,19+,20-,21+,24-,25-/m0/s1. The van der Waals surface area contributed by atoms with Gasteiger partial charge in [0, 0.05) is 0 Å². The number of rotatable bonds is 5. The van der Waals surface area contributed by atoms with E-state index in [1.54, 1.807) is 0 Å². The van der Waals surface area contributed by atoms with Crippen molar-refractivity contribution >= 4 is 16.6 Å². The molecule has 0 aromatic rings. The van der Waals surface area contributed by atoms with Crippen LogP contribution in [0.3, 0.4) is 0 Å². The lowest BCUT2D eigenvalue weighted by Gasteiger charge is -2.58. The van der Waals surface area contributed by atoms with E-state index in [0.29, 0.717) is 0 Å². The van der Waals surface area contributed by atoms with Gasteiger partial charge < -0.3 is 13.6 Å². The van der Waals surface area contributed by atoms with Gasteiger partial charge in [0.1, 0.15) is 0 Å². The first-order valence-corrected chi connectivity index (χ1v) is 18.1. The van der Waals surface area contributed by atoms with Crippen molar-refractivity contribution in [2.45, 2.75) is 129 Å². The molecule has 1 saturated heterocycles. The predicted octanol–water partition coefficient (Wildman–Crippen LogP) is 6.89. The Morgan fingerprint density at radius 3 is 1.84 bits per heavy atom. The molecular weight excluding hydrogens is 418 g/mol. The highest BCUT2D eigenvalue weighted by atomic mass is 28.4. The summed E-state index contributed by atoms with van der Waals surface area (Å²) >= 11 is 0. The number of epoxide rings is 1. The van der Waals surface area contributed by atoms with Gasteiger partial charge in [0.25, 0.3) is 0 Å². The Morgan fingerprint density at radius 1 is 0.935 bits per heavy atom. The van der Waals surface area contributed by atoms with Crippen LogP contribution >= 0.6 is 0 Å². The lowest BCUT2D eigenvalue weighted by atomic mass is 9.53. The minimum Gasteiger partial charge on any atom is -0.413 e. The highest BCUT2D eigenvalue weighted by molar-refractivity contribution is 6.74. The van der Waals surface area contributed by atoms with E-state index in [1.807, 2.05) is 0 Å². The van der Waals surface area contributed by atoms with E-state index in [-0.39, 0.29) is 45.1 Å². The minimum atomic E-state index is -2.02. The van der Waals surface area contributed by atoms with Gasteiger partial charge in [-0.25, -0.2) is 0 Å². The maximum Gasteiger partial charge on any atom is 0.192 e. The second kappa shape index (κ2) is 7.66. The van der Waals surface area contributed by atoms with E-state index >= 15 is 0 Å². The van der Waals surface area contributed by atoms with Gasteiger partial charge in [-0.2, -0.15) is 5.26 Å². The Kier molecular flexibility index (Phi) is 6.29. The van der Waals surface area contributed by atoms with Gasteiger partial charge in [0.2, 0.25) is 0 Å². The van der Waals surface area contributed by atoms with Crippen LogP contribution in [0.4, 0.5) is 0 Å². The third-order valence-corrected chi connectivity index (χ3v) is 18.9. The van der Waals surface area contributed by atoms with Crippen LogP contribution in [0.25, 0.3) is 0 Å². The zero-order chi connectivity index (χ0) is 23.7. The predicted molar refractivity (Wildman–Crippen MR) is 132 cm³/mol. The van der Waals surface area contributed by atoms with Gasteiger partial charge in [0.15, 0.2) is 16.6 Å². The lowest BCUT2D eigenvalue weighted by Crippen LogP contribution is -2.64. The molecule has 0 aromatic carbocycles. The second-order valence-electron chi connectivity index (χ2n) is 13.7. The highest BCUT2D eigenvalue weighted by Gasteiger charge is 2.74. The summed E-state index contributed by atoms with van der Waals surface area (Å²) in [6, 6.07) is 2.71. The van der Waals surface area contributed by atoms with E-state index in [9.17, 15) is 5.26 Å². The van der Waals surface area contributed by atoms with Gasteiger partial charge in [-0.1, -0.05) is 54.9 Å². The van der Waals surface area contributed by atoms with E-state index in [4.69, 9.17) is 13.6 Å². The number of nitriles is 1. The van der Waals surface area contributed by atoms with E-state index < -0.39 is 16.6 Å². The molecule has 2 aliphatic carbocycles. The van der Waals surface area contributed by atoms with Gasteiger partial charge in [-0.3, -0.25) is 0 Å². The molecule has 3 fully saturated rings. The van der Waals surface area contributed by atoms with Crippen molar-refractivity contribution in [3.63, 3.8) is 0 Å². The summed E-state index contributed by atoms with van der Waals surface area (Å²) in [4.78, 5) is 0. The normalized spacial score (nSPS) is 39.2. The van der Waals surface area contributed by atoms with E-state index in [1.165, 1.54) is 0 Å². The summed E-state index contributed by atoms with van der Waals surface area (Å²) in [5.41, 5.74) is -0.349. The molecule has 0 spiro atoms. The van der Waals surface area contributed by atoms with Crippen molar-refractivity contribution in [2.75, 3.05) is 6.61 Å². The summed E-state index contributed by atoms with van der Waals surface area (Å²) in [5.74, 6) is -0.00251. The van der Waals surface area contributed by atoms with Crippen LogP contribution in [0.2, 0.25) is 36.3 Å². The molecule has 1 heterocycles. The molecule has 178 valence electrons. The smallest absolute Gasteiger partial charge is 0.192 e. The van der Waals surface area contributed by atoms with Crippen molar-refractivity contribution in [2.24, 2.45) is 16.7 Å². The monoisotopic (exact) mass is 465 g/mol. The van der Waals surface area contributed by atoms with Gasteiger partial charge >= 0.3 is 0 Å². The summed E-state index contributed by atoms with van der Waals surface area (Å²) in [7, 11) is -4.01. The third kappa shape index (κ3) is 3.91. The quantitative estimate of drug-likeness (QED) is 0.328. The maximum atomic E-state index is 10.2. The number of ether oxygens (including phenoxy) is 1. The van der Waals surface area contributed by atoms with Crippen LogP contribution in [-0.2, 0) is 13.6 Å². The molecular formula is C25H47NO3Si2. The molecule has 0 radical (unpaired) electrons. The van der Waals surface area contributed by atoms with Gasteiger partial charge in [-0.15, -0.1) is 0 Å². The first kappa shape index (κ1) is 25.4. The Labute approximate surface area is 193 Å². The maximum absolute atomic E-state index is 10.2. The van der Waals surface area contributed by atoms with Crippen LogP contribution in [-0.4, -0.2) is 41.6 Å². The summed E-state index contributed by atoms with van der Waals surface area (Å²) in [6.45, 7) is 26.4. The lowest BCUT2D eigenvalue weighted by molar-refractivity contribution is -0.144. The van der Waals surface area contributed by atoms with Crippen LogP contribution in [0.15, 0.2) is 0 Å². The third-order valence-electron chi connectivity index (χ3n) is 9.94. The highest BCUT2D eigenvalue weighted by Crippen LogP contribution is 2.69. The molecule has 0 N–H and O–H groups in total. The largest absolute Gasteiger partial charge is 0.413 e. The van der Waals surface area contributed by atoms with Crippen LogP contribution in [0.1, 0.15) is 74.1 Å². The molecule has 6 heteroatoms. The second-order valence-corrected chi connectivity index (χ2v) is 23.2. The topological polar surface area (TPSA) is 54.8 Å². The van der Waals surface area contributed by atoms with Gasteiger partial charge in [0.05, 0.1) is 42.3 Å². The number of nitrogens with zero attached hydrogens (tertiary/aromatic N) is 1. The van der Waals surface area contributed by atoms with Crippen molar-refractivity contribution in [1.29, 1.82) is 5.26 Å². The Morgan fingerprint density at radius 2 is 1.42 bits per heavy atom. The molecule has 3 rings (SSSR count). The van der Waals surface area contributed by atoms with Crippen molar-refractivity contribution in [1.82, 2.24) is 0 Å². The molecule has 1 aliphatic heterocycles. The Bertz CT molecular complexity index is 729. The fraction of sp³-hybridized carbons (Fsp3) is 0.960. The van der Waals surface area contributed by atoms with E-state index in [2.05, 4.69) is 80.7 Å². The minimum absolute atomic E-state index is 0.00251. The SMILES string of the molecule is CC(C)(C)[Si](C)(C)O[C@H]1C[C@@H](C#N)[C@]2(C)CCC[C@@H](O[Si](C)(C)C(C)(C)C)[C@@]12[C@H]1CO1. The Balaban J connectivity index is 2.11. The molecule has 0 amide bonds. The number of hydrogen-bond acceptors (Lipinski definition) is 4. The van der Waals surface area contributed by atoms with Crippen molar-refractivity contribution in [3.05, 3.63) is 0 Å². The first-order chi connectivity index (χ1) is 13.9. The first-order valence-electron chi connectivity index (χ1n) is 12.3. The van der Waals surface area contributed by atoms with Gasteiger partial charge in [-0.05, 0) is 60.9 Å². The number of hydrogen-bond donors (Lipinski definition) is 0. The molecule has 4 nitrogen and oxygen atoms in total. The molecule has 31 heavy (non-hydrogen) atoms. The molecule has 0 unspecified atom stereocenters. The summed E-state index contributed by atoms with van der Waals surface area (Å²) < 4.78 is 20.6. The molecule has 3 aliphatic rings. The fourth-order valence-corrected chi connectivity index (χ4v) is 8.60. The Hall–Kier alpha value is -0.196. The molecule has 0 aromatic heterocycles. The summed E-state index contributed by atoms with van der Waals surface area (Å²) in [6.07, 6.45) is 4.35. The fourth-order valence-electron chi connectivity index (χ4n) is 5.87. The van der Waals surface area contributed by atoms with E-state index in [0.717, 1.165) is 32.3 Å². The zero-order valence-electron chi connectivity index (χ0n) is 22.0. The number of fused-ring (bicyclic) bond motifs is 1. The van der Waals surface area contributed by atoms with Crippen LogP contribution < -0.4 is 0 Å². The average Bonchev–Trinajstić information content (AvgIpc) is 3.38. The van der Waals surface area contributed by atoms with Crippen molar-refractivity contribution < 1.29 is 13.6 Å². The summed E-state index contributed by atoms with van der Waals surface area (Å²) in [5, 5.41) is 10.5. The zero-order valence-corrected chi connectivity index (χ0v) is 24.0. The average molecular weight is 466 g/mol. The molecule has 2 saturated carbocycles. The van der Waals surface area contributed by atoms with Crippen LogP contribution in [0, 0.1) is 28.1 Å².